The predicted molar refractivity (Wildman–Crippen MR) is 64.7 cm³/mol. The number of benzene rings is 2. The number of ketones is 1. The Kier molecular flexibility index (Phi) is 2.87. The molecule has 2 aromatic carbocycles. The van der Waals surface area contributed by atoms with Crippen molar-refractivity contribution in [2.24, 2.45) is 0 Å². The SMILES string of the molecule is O=C(c1ccc(F)cc1)[C@@H]1O[C@H]1c1ccc(F)cc1. The van der Waals surface area contributed by atoms with E-state index in [4.69, 9.17) is 4.74 Å². The van der Waals surface area contributed by atoms with Crippen LogP contribution >= 0.6 is 0 Å². The maximum absolute atomic E-state index is 12.8. The van der Waals surface area contributed by atoms with Crippen molar-refractivity contribution in [3.05, 3.63) is 71.3 Å². The molecule has 0 radical (unpaired) electrons. The van der Waals surface area contributed by atoms with Crippen LogP contribution in [0.2, 0.25) is 0 Å². The van der Waals surface area contributed by atoms with Crippen molar-refractivity contribution in [1.29, 1.82) is 0 Å². The average Bonchev–Trinajstić information content (AvgIpc) is 3.20. The van der Waals surface area contributed by atoms with Gasteiger partial charge in [0.2, 0.25) is 0 Å². The van der Waals surface area contributed by atoms with Gasteiger partial charge in [0, 0.05) is 5.56 Å². The third-order valence-corrected chi connectivity index (χ3v) is 3.08. The molecule has 1 heterocycles. The molecule has 0 bridgehead atoms. The molecule has 0 aromatic heterocycles. The topological polar surface area (TPSA) is 29.6 Å². The van der Waals surface area contributed by atoms with Crippen LogP contribution in [0.1, 0.15) is 22.0 Å². The highest BCUT2D eigenvalue weighted by molar-refractivity contribution is 6.01. The Morgan fingerprint density at radius 1 is 0.895 bits per heavy atom. The van der Waals surface area contributed by atoms with Crippen molar-refractivity contribution < 1.29 is 18.3 Å². The zero-order valence-corrected chi connectivity index (χ0v) is 9.85. The van der Waals surface area contributed by atoms with Gasteiger partial charge in [0.25, 0.3) is 0 Å². The summed E-state index contributed by atoms with van der Waals surface area (Å²) in [5.74, 6) is -0.900. The summed E-state index contributed by atoms with van der Waals surface area (Å²) in [6, 6.07) is 11.2. The molecule has 0 unspecified atom stereocenters. The summed E-state index contributed by atoms with van der Waals surface area (Å²) < 4.78 is 30.9. The van der Waals surface area contributed by atoms with E-state index in [0.717, 1.165) is 5.56 Å². The lowest BCUT2D eigenvalue weighted by Gasteiger charge is -1.98. The van der Waals surface area contributed by atoms with Gasteiger partial charge in [0.15, 0.2) is 11.9 Å². The molecule has 1 aliphatic rings. The Hall–Kier alpha value is -2.07. The van der Waals surface area contributed by atoms with Gasteiger partial charge in [-0.2, -0.15) is 0 Å². The van der Waals surface area contributed by atoms with Gasteiger partial charge in [-0.15, -0.1) is 0 Å². The molecule has 4 heteroatoms. The largest absolute Gasteiger partial charge is 0.356 e. The highest BCUT2D eigenvalue weighted by Gasteiger charge is 2.46. The molecule has 0 saturated carbocycles. The van der Waals surface area contributed by atoms with Crippen LogP contribution < -0.4 is 0 Å². The van der Waals surface area contributed by atoms with Crippen molar-refractivity contribution in [1.82, 2.24) is 0 Å². The second-order valence-corrected chi connectivity index (χ2v) is 4.40. The van der Waals surface area contributed by atoms with Crippen molar-refractivity contribution in [3.8, 4) is 0 Å². The van der Waals surface area contributed by atoms with Crippen molar-refractivity contribution in [3.63, 3.8) is 0 Å². The third-order valence-electron chi connectivity index (χ3n) is 3.08. The van der Waals surface area contributed by atoms with E-state index in [1.807, 2.05) is 0 Å². The van der Waals surface area contributed by atoms with Gasteiger partial charge in [-0.1, -0.05) is 12.1 Å². The summed E-state index contributed by atoms with van der Waals surface area (Å²) in [7, 11) is 0. The van der Waals surface area contributed by atoms with Gasteiger partial charge in [0.1, 0.15) is 17.7 Å². The van der Waals surface area contributed by atoms with Crippen molar-refractivity contribution in [2.75, 3.05) is 0 Å². The van der Waals surface area contributed by atoms with Crippen LogP contribution in [0.25, 0.3) is 0 Å². The quantitative estimate of drug-likeness (QED) is 0.626. The molecule has 3 rings (SSSR count). The molecule has 0 spiro atoms. The molecule has 2 atom stereocenters. The molecule has 1 fully saturated rings. The van der Waals surface area contributed by atoms with E-state index in [1.54, 1.807) is 12.1 Å². The van der Waals surface area contributed by atoms with Crippen LogP contribution in [0.3, 0.4) is 0 Å². The maximum atomic E-state index is 12.8. The molecule has 0 amide bonds. The number of carbonyl (C=O) groups is 1. The smallest absolute Gasteiger partial charge is 0.194 e. The molecule has 0 N–H and O–H groups in total. The van der Waals surface area contributed by atoms with E-state index in [1.165, 1.54) is 36.4 Å². The number of carbonyl (C=O) groups excluding carboxylic acids is 1. The van der Waals surface area contributed by atoms with Crippen molar-refractivity contribution >= 4 is 5.78 Å². The fourth-order valence-electron chi connectivity index (χ4n) is 2.00. The third kappa shape index (κ3) is 2.39. The lowest BCUT2D eigenvalue weighted by molar-refractivity contribution is 0.0953. The minimum atomic E-state index is -0.559. The molecule has 2 aromatic rings. The summed E-state index contributed by atoms with van der Waals surface area (Å²) >= 11 is 0. The lowest BCUT2D eigenvalue weighted by atomic mass is 10.0. The average molecular weight is 260 g/mol. The van der Waals surface area contributed by atoms with E-state index in [0.29, 0.717) is 5.56 Å². The fraction of sp³-hybridized carbons (Fsp3) is 0.133. The van der Waals surface area contributed by atoms with Gasteiger partial charge in [-0.05, 0) is 42.0 Å². The highest BCUT2D eigenvalue weighted by atomic mass is 19.1. The predicted octanol–water partition coefficient (Wildman–Crippen LogP) is 3.29. The monoisotopic (exact) mass is 260 g/mol. The number of rotatable bonds is 3. The molecule has 2 nitrogen and oxygen atoms in total. The van der Waals surface area contributed by atoms with E-state index in [-0.39, 0.29) is 23.5 Å². The Morgan fingerprint density at radius 3 is 2.00 bits per heavy atom. The number of ether oxygens (including phenoxy) is 1. The first kappa shape index (κ1) is 12.0. The first-order valence-corrected chi connectivity index (χ1v) is 5.86. The Bertz CT molecular complexity index is 605. The standard InChI is InChI=1S/C15H10F2O2/c16-11-5-1-9(2-6-11)13(18)15-14(19-15)10-3-7-12(17)8-4-10/h1-8,14-15H/t14-,15-/m0/s1. The summed E-state index contributed by atoms with van der Waals surface area (Å²) in [6.07, 6.45) is -0.894. The van der Waals surface area contributed by atoms with Gasteiger partial charge in [-0.3, -0.25) is 4.79 Å². The second-order valence-electron chi connectivity index (χ2n) is 4.40. The normalized spacial score (nSPS) is 21.2. The summed E-state index contributed by atoms with van der Waals surface area (Å²) in [5, 5.41) is 0. The van der Waals surface area contributed by atoms with Crippen LogP contribution in [-0.4, -0.2) is 11.9 Å². The lowest BCUT2D eigenvalue weighted by Crippen LogP contribution is -2.08. The molecule has 1 aliphatic heterocycles. The Labute approximate surface area is 108 Å². The number of halogens is 2. The van der Waals surface area contributed by atoms with Gasteiger partial charge in [-0.25, -0.2) is 8.78 Å². The van der Waals surface area contributed by atoms with Gasteiger partial charge in [0.05, 0.1) is 0 Å². The Morgan fingerprint density at radius 2 is 1.42 bits per heavy atom. The minimum Gasteiger partial charge on any atom is -0.356 e. The van der Waals surface area contributed by atoms with Crippen LogP contribution in [0, 0.1) is 11.6 Å². The zero-order valence-electron chi connectivity index (χ0n) is 9.85. The van der Waals surface area contributed by atoms with Crippen LogP contribution in [0.15, 0.2) is 48.5 Å². The summed E-state index contributed by atoms with van der Waals surface area (Å²) in [4.78, 5) is 12.0. The summed E-state index contributed by atoms with van der Waals surface area (Å²) in [6.45, 7) is 0. The van der Waals surface area contributed by atoms with Crippen LogP contribution in [0.5, 0.6) is 0 Å². The zero-order chi connectivity index (χ0) is 13.4. The fourth-order valence-corrected chi connectivity index (χ4v) is 2.00. The minimum absolute atomic E-state index is 0.186. The van der Waals surface area contributed by atoms with Crippen molar-refractivity contribution in [2.45, 2.75) is 12.2 Å². The van der Waals surface area contributed by atoms with E-state index in [9.17, 15) is 13.6 Å². The number of Topliss-reactive ketones (excluding diaryl/α,β-unsaturated/α-hetero) is 1. The second kappa shape index (κ2) is 4.55. The molecular weight excluding hydrogens is 250 g/mol. The maximum Gasteiger partial charge on any atom is 0.194 e. The molecular formula is C15H10F2O2. The molecule has 19 heavy (non-hydrogen) atoms. The molecule has 1 saturated heterocycles. The van der Waals surface area contributed by atoms with E-state index < -0.39 is 6.10 Å². The Balaban J connectivity index is 1.74. The van der Waals surface area contributed by atoms with Crippen LogP contribution in [0.4, 0.5) is 8.78 Å². The summed E-state index contributed by atoms with van der Waals surface area (Å²) in [5.41, 5.74) is 1.18. The molecule has 0 aliphatic carbocycles. The van der Waals surface area contributed by atoms with Crippen LogP contribution in [-0.2, 0) is 4.74 Å². The van der Waals surface area contributed by atoms with Gasteiger partial charge < -0.3 is 4.74 Å². The number of hydrogen-bond acceptors (Lipinski definition) is 2. The number of hydrogen-bond donors (Lipinski definition) is 0. The first-order valence-electron chi connectivity index (χ1n) is 5.86. The van der Waals surface area contributed by atoms with E-state index >= 15 is 0 Å². The van der Waals surface area contributed by atoms with E-state index in [2.05, 4.69) is 0 Å². The highest BCUT2D eigenvalue weighted by Crippen LogP contribution is 2.40. The first-order chi connectivity index (χ1) is 9.15. The van der Waals surface area contributed by atoms with Gasteiger partial charge >= 0.3 is 0 Å². The molecule has 96 valence electrons. The number of epoxide rings is 1.